The molecule has 0 unspecified atom stereocenters. The van der Waals surface area contributed by atoms with Gasteiger partial charge in [0.2, 0.25) is 0 Å². The summed E-state index contributed by atoms with van der Waals surface area (Å²) in [5.41, 5.74) is 0.448. The number of aromatic nitrogens is 1. The van der Waals surface area contributed by atoms with Gasteiger partial charge in [-0.2, -0.15) is 13.2 Å². The summed E-state index contributed by atoms with van der Waals surface area (Å²) in [5.74, 6) is -0.434. The first-order chi connectivity index (χ1) is 7.97. The van der Waals surface area contributed by atoms with Gasteiger partial charge in [0.1, 0.15) is 5.76 Å². The lowest BCUT2D eigenvalue weighted by Crippen LogP contribution is -2.28. The van der Waals surface area contributed by atoms with Crippen LogP contribution < -0.4 is 5.32 Å². The first kappa shape index (κ1) is 12.4. The zero-order valence-corrected chi connectivity index (χ0v) is 9.60. The number of nitrogens with one attached hydrogen (secondary N) is 1. The Morgan fingerprint density at radius 3 is 2.53 bits per heavy atom. The number of oxazole rings is 1. The van der Waals surface area contributed by atoms with E-state index in [1.165, 1.54) is 0 Å². The van der Waals surface area contributed by atoms with Gasteiger partial charge in [-0.1, -0.05) is 0 Å². The van der Waals surface area contributed by atoms with Crippen LogP contribution in [-0.2, 0) is 12.6 Å². The maximum Gasteiger partial charge on any atom is 0.468 e. The van der Waals surface area contributed by atoms with E-state index in [-0.39, 0.29) is 5.76 Å². The lowest BCUT2D eigenvalue weighted by molar-refractivity contribution is -0.157. The fraction of sp³-hybridized carbons (Fsp3) is 0.727. The molecule has 1 aromatic heterocycles. The molecule has 0 spiro atoms. The average Bonchev–Trinajstić information content (AvgIpc) is 2.62. The monoisotopic (exact) mass is 248 g/mol. The lowest BCUT2D eigenvalue weighted by Gasteiger charge is -2.21. The molecule has 2 heterocycles. The number of aryl methyl sites for hydroxylation is 1. The molecule has 0 aromatic carbocycles. The molecule has 1 aliphatic heterocycles. The van der Waals surface area contributed by atoms with E-state index in [1.807, 2.05) is 0 Å². The van der Waals surface area contributed by atoms with Crippen molar-refractivity contribution < 1.29 is 17.6 Å². The van der Waals surface area contributed by atoms with Crippen LogP contribution in [0.3, 0.4) is 0 Å². The van der Waals surface area contributed by atoms with E-state index in [1.54, 1.807) is 6.92 Å². The van der Waals surface area contributed by atoms with Gasteiger partial charge in [0.15, 0.2) is 0 Å². The van der Waals surface area contributed by atoms with Crippen molar-refractivity contribution in [3.8, 4) is 0 Å². The van der Waals surface area contributed by atoms with E-state index in [0.29, 0.717) is 18.0 Å². The van der Waals surface area contributed by atoms with E-state index < -0.39 is 12.1 Å². The minimum absolute atomic E-state index is 0.288. The molecular weight excluding hydrogens is 233 g/mol. The van der Waals surface area contributed by atoms with Crippen molar-refractivity contribution in [3.63, 3.8) is 0 Å². The summed E-state index contributed by atoms with van der Waals surface area (Å²) in [6, 6.07) is 0. The Morgan fingerprint density at radius 2 is 2.00 bits per heavy atom. The van der Waals surface area contributed by atoms with Crippen molar-refractivity contribution in [2.45, 2.75) is 32.4 Å². The fourth-order valence-electron chi connectivity index (χ4n) is 2.10. The van der Waals surface area contributed by atoms with Crippen LogP contribution in [0.1, 0.15) is 30.2 Å². The quantitative estimate of drug-likeness (QED) is 0.874. The SMILES string of the molecule is Cc1oc(C(F)(F)F)nc1CC1CCNCC1. The highest BCUT2D eigenvalue weighted by atomic mass is 19.4. The largest absolute Gasteiger partial charge is 0.468 e. The highest BCUT2D eigenvalue weighted by molar-refractivity contribution is 5.10. The standard InChI is InChI=1S/C11H15F3N2O/c1-7-9(6-8-2-4-15-5-3-8)16-10(17-7)11(12,13)14/h8,15H,2-6H2,1H3. The molecule has 0 aliphatic carbocycles. The van der Waals surface area contributed by atoms with Gasteiger partial charge in [-0.3, -0.25) is 0 Å². The van der Waals surface area contributed by atoms with Crippen molar-refractivity contribution in [2.75, 3.05) is 13.1 Å². The summed E-state index contributed by atoms with van der Waals surface area (Å²) in [7, 11) is 0. The van der Waals surface area contributed by atoms with Crippen molar-refractivity contribution in [1.82, 2.24) is 10.3 Å². The Labute approximate surface area is 97.4 Å². The summed E-state index contributed by atoms with van der Waals surface area (Å²) in [6.45, 7) is 3.39. The van der Waals surface area contributed by atoms with Gasteiger partial charge in [0, 0.05) is 0 Å². The predicted molar refractivity (Wildman–Crippen MR) is 55.5 cm³/mol. The molecule has 0 atom stereocenters. The maximum absolute atomic E-state index is 12.4. The van der Waals surface area contributed by atoms with Gasteiger partial charge in [0.25, 0.3) is 0 Å². The summed E-state index contributed by atoms with van der Waals surface area (Å²) in [4.78, 5) is 3.56. The average molecular weight is 248 g/mol. The van der Waals surface area contributed by atoms with Crippen molar-refractivity contribution >= 4 is 0 Å². The second-order valence-electron chi connectivity index (χ2n) is 4.42. The first-order valence-electron chi connectivity index (χ1n) is 5.71. The van der Waals surface area contributed by atoms with E-state index in [9.17, 15) is 13.2 Å². The molecule has 17 heavy (non-hydrogen) atoms. The number of alkyl halides is 3. The molecule has 6 heteroatoms. The number of rotatable bonds is 2. The molecule has 3 nitrogen and oxygen atoms in total. The van der Waals surface area contributed by atoms with Crippen LogP contribution in [-0.4, -0.2) is 18.1 Å². The normalized spacial score (nSPS) is 18.6. The number of halogens is 3. The van der Waals surface area contributed by atoms with Gasteiger partial charge < -0.3 is 9.73 Å². The molecule has 0 amide bonds. The highest BCUT2D eigenvalue weighted by Gasteiger charge is 2.38. The van der Waals surface area contributed by atoms with Crippen LogP contribution in [0.5, 0.6) is 0 Å². The summed E-state index contributed by atoms with van der Waals surface area (Å²) in [5, 5.41) is 3.22. The Balaban J connectivity index is 2.07. The van der Waals surface area contributed by atoms with Crippen LogP contribution in [0.15, 0.2) is 4.42 Å². The molecule has 0 saturated carbocycles. The second kappa shape index (κ2) is 4.68. The fourth-order valence-corrected chi connectivity index (χ4v) is 2.10. The highest BCUT2D eigenvalue weighted by Crippen LogP contribution is 2.31. The predicted octanol–water partition coefficient (Wildman–Crippen LogP) is 2.54. The smallest absolute Gasteiger partial charge is 0.438 e. The topological polar surface area (TPSA) is 38.1 Å². The van der Waals surface area contributed by atoms with Crippen molar-refractivity contribution in [3.05, 3.63) is 17.3 Å². The molecule has 96 valence electrons. The number of nitrogens with zero attached hydrogens (tertiary/aromatic N) is 1. The van der Waals surface area contributed by atoms with Crippen LogP contribution in [0, 0.1) is 12.8 Å². The zero-order valence-electron chi connectivity index (χ0n) is 9.60. The van der Waals surface area contributed by atoms with Crippen LogP contribution >= 0.6 is 0 Å². The van der Waals surface area contributed by atoms with Crippen LogP contribution in [0.25, 0.3) is 0 Å². The van der Waals surface area contributed by atoms with Gasteiger partial charge in [-0.25, -0.2) is 4.98 Å². The molecule has 0 radical (unpaired) electrons. The van der Waals surface area contributed by atoms with Crippen LogP contribution in [0.4, 0.5) is 13.2 Å². The summed E-state index contributed by atoms with van der Waals surface area (Å²) in [6.07, 6.45) is -1.95. The Morgan fingerprint density at radius 1 is 1.35 bits per heavy atom. The maximum atomic E-state index is 12.4. The molecule has 1 saturated heterocycles. The minimum Gasteiger partial charge on any atom is -0.438 e. The van der Waals surface area contributed by atoms with Crippen molar-refractivity contribution in [1.29, 1.82) is 0 Å². The van der Waals surface area contributed by atoms with E-state index in [2.05, 4.69) is 14.7 Å². The molecule has 1 aromatic rings. The van der Waals surface area contributed by atoms with Gasteiger partial charge in [0.05, 0.1) is 5.69 Å². The first-order valence-corrected chi connectivity index (χ1v) is 5.71. The van der Waals surface area contributed by atoms with E-state index in [0.717, 1.165) is 25.9 Å². The Hall–Kier alpha value is -1.04. The summed E-state index contributed by atoms with van der Waals surface area (Å²) < 4.78 is 41.8. The van der Waals surface area contributed by atoms with Crippen LogP contribution in [0.2, 0.25) is 0 Å². The Kier molecular flexibility index (Phi) is 3.42. The van der Waals surface area contributed by atoms with Gasteiger partial charge >= 0.3 is 12.1 Å². The molecule has 0 bridgehead atoms. The molecule has 1 aliphatic rings. The zero-order chi connectivity index (χ0) is 12.5. The third-order valence-electron chi connectivity index (χ3n) is 3.08. The number of piperidine rings is 1. The number of hydrogen-bond donors (Lipinski definition) is 1. The van der Waals surface area contributed by atoms with E-state index in [4.69, 9.17) is 0 Å². The lowest BCUT2D eigenvalue weighted by atomic mass is 9.93. The molecule has 2 rings (SSSR count). The minimum atomic E-state index is -4.49. The number of hydrogen-bond acceptors (Lipinski definition) is 3. The van der Waals surface area contributed by atoms with Crippen molar-refractivity contribution in [2.24, 2.45) is 5.92 Å². The Bertz CT molecular complexity index is 381. The molecule has 1 fully saturated rings. The van der Waals surface area contributed by atoms with Gasteiger partial charge in [-0.15, -0.1) is 0 Å². The molecule has 1 N–H and O–H groups in total. The third-order valence-corrected chi connectivity index (χ3v) is 3.08. The third kappa shape index (κ3) is 3.00. The van der Waals surface area contributed by atoms with Gasteiger partial charge in [-0.05, 0) is 45.2 Å². The molecular formula is C11H15F3N2O. The van der Waals surface area contributed by atoms with E-state index >= 15 is 0 Å². The second-order valence-corrected chi connectivity index (χ2v) is 4.42. The summed E-state index contributed by atoms with van der Waals surface area (Å²) >= 11 is 0.